The number of ether oxygens (including phenoxy) is 1. The van der Waals surface area contributed by atoms with Gasteiger partial charge in [0.25, 0.3) is 0 Å². The molecule has 1 aliphatic heterocycles. The van der Waals surface area contributed by atoms with Crippen molar-refractivity contribution in [1.29, 1.82) is 0 Å². The summed E-state index contributed by atoms with van der Waals surface area (Å²) in [6, 6.07) is 11.0. The minimum atomic E-state index is -0.917. The summed E-state index contributed by atoms with van der Waals surface area (Å²) in [4.78, 5) is 53.0. The van der Waals surface area contributed by atoms with Crippen LogP contribution < -0.4 is 16.4 Å². The molecule has 1 aromatic heterocycles. The predicted molar refractivity (Wildman–Crippen MR) is 118 cm³/mol. The van der Waals surface area contributed by atoms with Crippen LogP contribution in [0.15, 0.2) is 56.5 Å². The quantitative estimate of drug-likeness (QED) is 0.423. The largest absolute Gasteiger partial charge is 0.467 e. The topological polar surface area (TPSA) is 110 Å². The van der Waals surface area contributed by atoms with Crippen LogP contribution in [0.2, 0.25) is 0 Å². The highest BCUT2D eigenvalue weighted by Gasteiger charge is 2.32. The molecule has 2 atom stereocenters. The van der Waals surface area contributed by atoms with Crippen molar-refractivity contribution in [2.75, 3.05) is 7.11 Å². The molecule has 0 saturated heterocycles. The molecule has 9 heteroatoms. The van der Waals surface area contributed by atoms with Crippen molar-refractivity contribution < 1.29 is 14.3 Å². The molecule has 1 amide bonds. The minimum Gasteiger partial charge on any atom is -0.467 e. The third kappa shape index (κ3) is 4.05. The number of methoxy groups -OCH3 is 1. The molecule has 2 heterocycles. The third-order valence-corrected chi connectivity index (χ3v) is 5.90. The van der Waals surface area contributed by atoms with Crippen molar-refractivity contribution >= 4 is 38.8 Å². The summed E-state index contributed by atoms with van der Waals surface area (Å²) in [7, 11) is 1.26. The van der Waals surface area contributed by atoms with Gasteiger partial charge in [0.1, 0.15) is 12.1 Å². The van der Waals surface area contributed by atoms with Crippen molar-refractivity contribution in [1.82, 2.24) is 14.9 Å². The molecule has 0 bridgehead atoms. The summed E-state index contributed by atoms with van der Waals surface area (Å²) < 4.78 is 6.87. The number of nitrogens with zero attached hydrogens (tertiary/aromatic N) is 1. The third-order valence-electron chi connectivity index (χ3n) is 5.44. The monoisotopic (exact) mass is 485 g/mol. The molecule has 8 nitrogen and oxygen atoms in total. The van der Waals surface area contributed by atoms with Crippen molar-refractivity contribution in [3.8, 4) is 0 Å². The average molecular weight is 486 g/mol. The molecular formula is C22H20BrN3O5. The number of rotatable bonds is 5. The van der Waals surface area contributed by atoms with E-state index < -0.39 is 35.1 Å². The number of carbonyl (C=O) groups excluding carboxylic acids is 2. The van der Waals surface area contributed by atoms with Gasteiger partial charge >= 0.3 is 17.1 Å². The number of esters is 1. The summed E-state index contributed by atoms with van der Waals surface area (Å²) in [6.07, 6.45) is 1.11. The first-order valence-corrected chi connectivity index (χ1v) is 10.6. The smallest absolute Gasteiger partial charge is 0.328 e. The van der Waals surface area contributed by atoms with Gasteiger partial charge in [0.2, 0.25) is 5.91 Å². The highest BCUT2D eigenvalue weighted by Crippen LogP contribution is 2.31. The maximum absolute atomic E-state index is 13.2. The Morgan fingerprint density at radius 1 is 1.26 bits per heavy atom. The normalized spacial score (nSPS) is 16.0. The number of aromatic amines is 1. The fourth-order valence-electron chi connectivity index (χ4n) is 4.03. The van der Waals surface area contributed by atoms with Gasteiger partial charge in [-0.1, -0.05) is 46.3 Å². The zero-order chi connectivity index (χ0) is 22.1. The molecule has 2 N–H and O–H groups in total. The molecule has 0 aliphatic carbocycles. The van der Waals surface area contributed by atoms with Crippen LogP contribution in [0, 0.1) is 0 Å². The lowest BCUT2D eigenvalue weighted by molar-refractivity contribution is -0.145. The Labute approximate surface area is 185 Å². The average Bonchev–Trinajstić information content (AvgIpc) is 2.76. The van der Waals surface area contributed by atoms with Gasteiger partial charge in [0.15, 0.2) is 0 Å². The Balaban J connectivity index is 1.71. The van der Waals surface area contributed by atoms with Crippen molar-refractivity contribution in [2.24, 2.45) is 0 Å². The highest BCUT2D eigenvalue weighted by molar-refractivity contribution is 9.10. The number of amides is 1. The Morgan fingerprint density at radius 3 is 2.71 bits per heavy atom. The molecule has 31 heavy (non-hydrogen) atoms. The van der Waals surface area contributed by atoms with Crippen molar-refractivity contribution in [3.63, 3.8) is 0 Å². The molecule has 3 aromatic rings. The van der Waals surface area contributed by atoms with Gasteiger partial charge in [-0.05, 0) is 36.1 Å². The van der Waals surface area contributed by atoms with Gasteiger partial charge in [-0.15, -0.1) is 0 Å². The maximum atomic E-state index is 13.2. The summed E-state index contributed by atoms with van der Waals surface area (Å²) in [6.45, 7) is 0. The van der Waals surface area contributed by atoms with Crippen LogP contribution in [0.3, 0.4) is 0 Å². The van der Waals surface area contributed by atoms with Crippen molar-refractivity contribution in [3.05, 3.63) is 78.8 Å². The lowest BCUT2D eigenvalue weighted by Gasteiger charge is -2.28. The maximum Gasteiger partial charge on any atom is 0.328 e. The van der Waals surface area contributed by atoms with E-state index in [-0.39, 0.29) is 6.42 Å². The fourth-order valence-corrected chi connectivity index (χ4v) is 4.54. The molecule has 0 saturated carbocycles. The SMILES string of the molecule is COC(=O)C(Cc1ccccc1)NC(=O)C1CCc2cc(Br)cc3[nH]c(=O)c(=O)n1c23. The number of nitrogens with one attached hydrogen (secondary N) is 2. The van der Waals surface area contributed by atoms with Crippen LogP contribution in [-0.2, 0) is 27.2 Å². The van der Waals surface area contributed by atoms with Gasteiger partial charge in [-0.2, -0.15) is 0 Å². The first-order valence-electron chi connectivity index (χ1n) is 9.78. The second-order valence-corrected chi connectivity index (χ2v) is 8.33. The summed E-state index contributed by atoms with van der Waals surface area (Å²) in [5, 5.41) is 2.72. The van der Waals surface area contributed by atoms with Gasteiger partial charge in [-0.3, -0.25) is 19.0 Å². The van der Waals surface area contributed by atoms with E-state index in [1.165, 1.54) is 11.7 Å². The lowest BCUT2D eigenvalue weighted by atomic mass is 9.97. The van der Waals surface area contributed by atoms with E-state index in [1.54, 1.807) is 6.07 Å². The number of hydrogen-bond acceptors (Lipinski definition) is 5. The number of aryl methyl sites for hydroxylation is 1. The Morgan fingerprint density at radius 2 is 2.00 bits per heavy atom. The Bertz CT molecular complexity index is 1280. The lowest BCUT2D eigenvalue weighted by Crippen LogP contribution is -2.49. The fraction of sp³-hybridized carbons (Fsp3) is 0.273. The van der Waals surface area contributed by atoms with Crippen LogP contribution in [0.4, 0.5) is 0 Å². The second-order valence-electron chi connectivity index (χ2n) is 7.42. The van der Waals surface area contributed by atoms with Gasteiger partial charge in [0.05, 0.1) is 18.1 Å². The number of carbonyl (C=O) groups is 2. The van der Waals surface area contributed by atoms with E-state index >= 15 is 0 Å². The number of aromatic nitrogens is 2. The predicted octanol–water partition coefficient (Wildman–Crippen LogP) is 1.84. The van der Waals surface area contributed by atoms with Gasteiger partial charge < -0.3 is 15.0 Å². The molecule has 0 fully saturated rings. The summed E-state index contributed by atoms with van der Waals surface area (Å²) in [5.74, 6) is -1.09. The van der Waals surface area contributed by atoms with E-state index in [0.717, 1.165) is 15.6 Å². The van der Waals surface area contributed by atoms with E-state index in [9.17, 15) is 19.2 Å². The number of hydrogen-bond donors (Lipinski definition) is 2. The zero-order valence-electron chi connectivity index (χ0n) is 16.7. The van der Waals surface area contributed by atoms with Gasteiger partial charge in [-0.25, -0.2) is 4.79 Å². The molecule has 4 rings (SSSR count). The number of halogens is 1. The van der Waals surface area contributed by atoms with E-state index in [1.807, 2.05) is 36.4 Å². The first kappa shape index (κ1) is 21.0. The van der Waals surface area contributed by atoms with E-state index in [4.69, 9.17) is 4.74 Å². The molecule has 1 aliphatic rings. The number of H-pyrrole nitrogens is 1. The first-order chi connectivity index (χ1) is 14.9. The van der Waals surface area contributed by atoms with Crippen LogP contribution in [0.25, 0.3) is 11.0 Å². The Hall–Kier alpha value is -3.20. The second kappa shape index (κ2) is 8.50. The Kier molecular flexibility index (Phi) is 5.77. The summed E-state index contributed by atoms with van der Waals surface area (Å²) >= 11 is 3.41. The minimum absolute atomic E-state index is 0.245. The van der Waals surface area contributed by atoms with Crippen molar-refractivity contribution in [2.45, 2.75) is 31.3 Å². The van der Waals surface area contributed by atoms with Crippen LogP contribution >= 0.6 is 15.9 Å². The zero-order valence-corrected chi connectivity index (χ0v) is 18.3. The van der Waals surface area contributed by atoms with Crippen LogP contribution in [-0.4, -0.2) is 34.6 Å². The molecule has 2 aromatic carbocycles. The highest BCUT2D eigenvalue weighted by atomic mass is 79.9. The van der Waals surface area contributed by atoms with E-state index in [0.29, 0.717) is 23.9 Å². The van der Waals surface area contributed by atoms with E-state index in [2.05, 4.69) is 26.2 Å². The standard InChI is InChI=1S/C22H20BrN3O5/c1-31-22(30)16(9-12-5-3-2-4-6-12)25-19(27)17-8-7-13-10-14(23)11-15-18(13)26(17)21(29)20(28)24-15/h2-6,10-11,16-17H,7-9H2,1H3,(H,24,28)(H,25,27). The molecular weight excluding hydrogens is 466 g/mol. The molecule has 2 unspecified atom stereocenters. The summed E-state index contributed by atoms with van der Waals surface area (Å²) in [5.41, 5.74) is 1.11. The molecule has 0 radical (unpaired) electrons. The molecule has 160 valence electrons. The van der Waals surface area contributed by atoms with Gasteiger partial charge in [0, 0.05) is 10.9 Å². The van der Waals surface area contributed by atoms with Crippen LogP contribution in [0.5, 0.6) is 0 Å². The number of benzene rings is 2. The molecule has 0 spiro atoms. The van der Waals surface area contributed by atoms with Crippen LogP contribution in [0.1, 0.15) is 23.6 Å².